The standard InChI is InChI=1S/C44H52Cl4N6O2/c1-51(43(55)25-31-13-15-37(45)39(47)23-31)41(33-9-5-3-6-10-33)29-53-21-17-35(27-53)49-19-20-50-36-18-22-54(28-36)30-42(34-11-7-4-8-12-34)52(2)44(56)26-32-14-16-38(46)40(48)24-32/h3-16,23-24,35-36,41-42,49-50H,17-22,25-30H2,1-2H3. The monoisotopic (exact) mass is 836 g/mol. The molecule has 0 bridgehead atoms. The molecule has 2 saturated heterocycles. The molecule has 2 amide bonds. The van der Waals surface area contributed by atoms with E-state index in [-0.39, 0.29) is 36.7 Å². The number of hydrogen-bond donors (Lipinski definition) is 2. The third-order valence-corrected chi connectivity index (χ3v) is 12.6. The molecule has 0 aromatic heterocycles. The summed E-state index contributed by atoms with van der Waals surface area (Å²) in [4.78, 5) is 35.7. The Balaban J connectivity index is 0.952. The SMILES string of the molecule is CN(C(=O)Cc1ccc(Cl)c(Cl)c1)C(CN1CCC(NCCNC2CCN(CC(c3ccccc3)N(C)C(=O)Cc3ccc(Cl)c(Cl)c3)C2)C1)c1ccccc1. The maximum absolute atomic E-state index is 13.5. The van der Waals surface area contributed by atoms with Crippen LogP contribution in [0.1, 0.15) is 47.2 Å². The second kappa shape index (κ2) is 20.5. The normalized spacial score (nSPS) is 18.5. The molecule has 8 nitrogen and oxygen atoms in total. The fourth-order valence-electron chi connectivity index (χ4n) is 7.87. The van der Waals surface area contributed by atoms with Crippen molar-refractivity contribution in [2.75, 3.05) is 66.5 Å². The zero-order valence-electron chi connectivity index (χ0n) is 32.1. The smallest absolute Gasteiger partial charge is 0.227 e. The van der Waals surface area contributed by atoms with E-state index in [2.05, 4.69) is 44.7 Å². The predicted octanol–water partition coefficient (Wildman–Crippen LogP) is 7.81. The van der Waals surface area contributed by atoms with Crippen molar-refractivity contribution >= 4 is 58.2 Å². The number of nitrogens with one attached hydrogen (secondary N) is 2. The molecule has 4 atom stereocenters. The van der Waals surface area contributed by atoms with Gasteiger partial charge in [-0.15, -0.1) is 0 Å². The Morgan fingerprint density at radius 2 is 1.00 bits per heavy atom. The quantitative estimate of drug-likeness (QED) is 0.106. The molecule has 2 N–H and O–H groups in total. The Kier molecular flexibility index (Phi) is 15.5. The number of amides is 2. The van der Waals surface area contributed by atoms with Crippen LogP contribution in [0.2, 0.25) is 20.1 Å². The molecule has 2 aliphatic heterocycles. The molecular formula is C44H52Cl4N6O2. The summed E-state index contributed by atoms with van der Waals surface area (Å²) in [5.41, 5.74) is 3.95. The highest BCUT2D eigenvalue weighted by molar-refractivity contribution is 6.42. The number of carbonyl (C=O) groups excluding carboxylic acids is 2. The molecule has 298 valence electrons. The molecule has 0 saturated carbocycles. The fourth-order valence-corrected chi connectivity index (χ4v) is 8.51. The van der Waals surface area contributed by atoms with Gasteiger partial charge in [-0.3, -0.25) is 19.4 Å². The lowest BCUT2D eigenvalue weighted by Crippen LogP contribution is -2.43. The molecule has 4 aromatic rings. The fraction of sp³-hybridized carbons (Fsp3) is 0.409. The van der Waals surface area contributed by atoms with E-state index in [4.69, 9.17) is 46.4 Å². The summed E-state index contributed by atoms with van der Waals surface area (Å²) in [6, 6.07) is 32.0. The van der Waals surface area contributed by atoms with Gasteiger partial charge < -0.3 is 20.4 Å². The highest BCUT2D eigenvalue weighted by Crippen LogP contribution is 2.28. The summed E-state index contributed by atoms with van der Waals surface area (Å²) in [7, 11) is 3.80. The molecule has 12 heteroatoms. The van der Waals surface area contributed by atoms with Crippen LogP contribution in [0.5, 0.6) is 0 Å². The summed E-state index contributed by atoms with van der Waals surface area (Å²) in [5.74, 6) is 0.0809. The van der Waals surface area contributed by atoms with E-state index in [0.717, 1.165) is 87.5 Å². The minimum atomic E-state index is -0.0702. The Bertz CT molecular complexity index is 1770. The zero-order chi connectivity index (χ0) is 39.6. The number of hydrogen-bond acceptors (Lipinski definition) is 6. The number of nitrogens with zero attached hydrogens (tertiary/aromatic N) is 4. The molecule has 0 radical (unpaired) electrons. The maximum Gasteiger partial charge on any atom is 0.227 e. The summed E-state index contributed by atoms with van der Waals surface area (Å²) in [6.07, 6.45) is 2.66. The molecule has 2 aliphatic rings. The average Bonchev–Trinajstić information content (AvgIpc) is 3.86. The van der Waals surface area contributed by atoms with Crippen LogP contribution < -0.4 is 10.6 Å². The van der Waals surface area contributed by atoms with Crippen molar-refractivity contribution in [3.05, 3.63) is 139 Å². The molecular weight excluding hydrogens is 786 g/mol. The first-order valence-electron chi connectivity index (χ1n) is 19.4. The van der Waals surface area contributed by atoms with Gasteiger partial charge >= 0.3 is 0 Å². The van der Waals surface area contributed by atoms with E-state index < -0.39 is 0 Å². The van der Waals surface area contributed by atoms with E-state index in [9.17, 15) is 9.59 Å². The number of benzene rings is 4. The van der Waals surface area contributed by atoms with Gasteiger partial charge in [0.2, 0.25) is 11.8 Å². The number of likely N-dealkylation sites (tertiary alicyclic amines) is 2. The van der Waals surface area contributed by atoms with Crippen molar-refractivity contribution in [2.45, 2.75) is 49.9 Å². The van der Waals surface area contributed by atoms with E-state index in [1.807, 2.05) is 72.4 Å². The number of carbonyl (C=O) groups is 2. The van der Waals surface area contributed by atoms with Gasteiger partial charge in [0.1, 0.15) is 0 Å². The van der Waals surface area contributed by atoms with Gasteiger partial charge in [0.05, 0.1) is 45.0 Å². The zero-order valence-corrected chi connectivity index (χ0v) is 35.2. The summed E-state index contributed by atoms with van der Waals surface area (Å²) in [5, 5.41) is 9.44. The third kappa shape index (κ3) is 11.7. The first-order chi connectivity index (χ1) is 27.0. The largest absolute Gasteiger partial charge is 0.337 e. The van der Waals surface area contributed by atoms with Gasteiger partial charge in [-0.2, -0.15) is 0 Å². The van der Waals surface area contributed by atoms with Crippen molar-refractivity contribution in [3.63, 3.8) is 0 Å². The summed E-state index contributed by atoms with van der Waals surface area (Å²) in [6.45, 7) is 7.14. The molecule has 2 fully saturated rings. The van der Waals surface area contributed by atoms with E-state index >= 15 is 0 Å². The van der Waals surface area contributed by atoms with Gasteiger partial charge in [0.25, 0.3) is 0 Å². The van der Waals surface area contributed by atoms with Crippen molar-refractivity contribution in [1.82, 2.24) is 30.2 Å². The predicted molar refractivity (Wildman–Crippen MR) is 230 cm³/mol. The van der Waals surface area contributed by atoms with Gasteiger partial charge in [-0.05, 0) is 72.5 Å². The average molecular weight is 839 g/mol. The lowest BCUT2D eigenvalue weighted by molar-refractivity contribution is -0.132. The van der Waals surface area contributed by atoms with Crippen LogP contribution in [-0.4, -0.2) is 110 Å². The summed E-state index contributed by atoms with van der Waals surface area (Å²) < 4.78 is 0. The van der Waals surface area contributed by atoms with Crippen LogP contribution in [0.3, 0.4) is 0 Å². The Morgan fingerprint density at radius 1 is 0.607 bits per heavy atom. The Morgan fingerprint density at radius 3 is 1.38 bits per heavy atom. The van der Waals surface area contributed by atoms with Crippen LogP contribution in [0, 0.1) is 0 Å². The summed E-state index contributed by atoms with van der Waals surface area (Å²) >= 11 is 24.7. The molecule has 6 rings (SSSR count). The molecule has 4 unspecified atom stereocenters. The van der Waals surface area contributed by atoms with Crippen molar-refractivity contribution in [3.8, 4) is 0 Å². The maximum atomic E-state index is 13.5. The molecule has 0 spiro atoms. The molecule has 4 aromatic carbocycles. The lowest BCUT2D eigenvalue weighted by atomic mass is 10.0. The van der Waals surface area contributed by atoms with Crippen molar-refractivity contribution in [2.24, 2.45) is 0 Å². The highest BCUT2D eigenvalue weighted by Gasteiger charge is 2.31. The molecule has 56 heavy (non-hydrogen) atoms. The van der Waals surface area contributed by atoms with Gasteiger partial charge in [0, 0.05) is 65.4 Å². The van der Waals surface area contributed by atoms with Crippen molar-refractivity contribution < 1.29 is 9.59 Å². The van der Waals surface area contributed by atoms with Gasteiger partial charge in [-0.1, -0.05) is 119 Å². The first kappa shape index (κ1) is 42.4. The molecule has 2 heterocycles. The van der Waals surface area contributed by atoms with Crippen molar-refractivity contribution in [1.29, 1.82) is 0 Å². The van der Waals surface area contributed by atoms with E-state index in [1.165, 1.54) is 0 Å². The first-order valence-corrected chi connectivity index (χ1v) is 21.0. The van der Waals surface area contributed by atoms with Crippen LogP contribution in [0.4, 0.5) is 0 Å². The van der Waals surface area contributed by atoms with E-state index in [0.29, 0.717) is 32.2 Å². The highest BCUT2D eigenvalue weighted by atomic mass is 35.5. The number of rotatable bonds is 17. The number of halogens is 4. The lowest BCUT2D eigenvalue weighted by Gasteiger charge is -2.32. The molecule has 0 aliphatic carbocycles. The van der Waals surface area contributed by atoms with Gasteiger partial charge in [0.15, 0.2) is 0 Å². The van der Waals surface area contributed by atoms with Gasteiger partial charge in [-0.25, -0.2) is 0 Å². The Labute approximate surface area is 352 Å². The second-order valence-electron chi connectivity index (χ2n) is 15.1. The topological polar surface area (TPSA) is 71.2 Å². The Hall–Kier alpha value is -3.18. The van der Waals surface area contributed by atoms with E-state index in [1.54, 1.807) is 24.3 Å². The van der Waals surface area contributed by atoms with Crippen LogP contribution in [0.25, 0.3) is 0 Å². The van der Waals surface area contributed by atoms with Crippen LogP contribution in [-0.2, 0) is 22.4 Å². The number of likely N-dealkylation sites (N-methyl/N-ethyl adjacent to an activating group) is 2. The second-order valence-corrected chi connectivity index (χ2v) is 16.7. The minimum Gasteiger partial charge on any atom is -0.337 e. The minimum absolute atomic E-state index is 0.0404. The van der Waals surface area contributed by atoms with Crippen LogP contribution in [0.15, 0.2) is 97.1 Å². The third-order valence-electron chi connectivity index (χ3n) is 11.2. The van der Waals surface area contributed by atoms with Crippen LogP contribution >= 0.6 is 46.4 Å².